The molecule has 0 aliphatic carbocycles. The molecule has 0 saturated carbocycles. The molecule has 1 N–H and O–H groups in total. The molecule has 0 aliphatic heterocycles. The van der Waals surface area contributed by atoms with E-state index in [1.54, 1.807) is 0 Å². The van der Waals surface area contributed by atoms with Gasteiger partial charge in [-0.1, -0.05) is 28.5 Å². The maximum Gasteiger partial charge on any atom is 0.0126 e. The fraction of sp³-hybridized carbons (Fsp3) is 0.857. The van der Waals surface area contributed by atoms with Gasteiger partial charge in [0, 0.05) is 11.0 Å². The monoisotopic (exact) mass is 177 g/mol. The Morgan fingerprint density at radius 2 is 2.20 bits per heavy atom. The summed E-state index contributed by atoms with van der Waals surface area (Å²) in [6.45, 7) is 4.08. The molecule has 10 heavy (non-hydrogen) atoms. The normalized spacial score (nSPS) is 13.1. The minimum absolute atomic E-state index is 0.690. The maximum atomic E-state index is 7.20. The zero-order chi connectivity index (χ0) is 7.98. The largest absolute Gasteiger partial charge is 0.310 e. The topological polar surface area (TPSA) is 23.9 Å². The van der Waals surface area contributed by atoms with Gasteiger partial charge in [0.1, 0.15) is 0 Å². The highest BCUT2D eigenvalue weighted by Gasteiger charge is 2.00. The van der Waals surface area contributed by atoms with Crippen molar-refractivity contribution in [2.24, 2.45) is 0 Å². The Balaban J connectivity index is 3.21. The van der Waals surface area contributed by atoms with Crippen molar-refractivity contribution in [3.05, 3.63) is 0 Å². The second kappa shape index (κ2) is 6.10. The first-order valence-electron chi connectivity index (χ1n) is 3.40. The molecule has 0 heterocycles. The van der Waals surface area contributed by atoms with Gasteiger partial charge in [-0.25, -0.2) is 0 Å². The molecule has 0 aromatic rings. The number of rotatable bonds is 5. The lowest BCUT2D eigenvalue weighted by atomic mass is 10.2. The minimum atomic E-state index is 0.690. The summed E-state index contributed by atoms with van der Waals surface area (Å²) in [5.74, 6) is 0. The van der Waals surface area contributed by atoms with Crippen LogP contribution in [0.15, 0.2) is 0 Å². The highest BCUT2D eigenvalue weighted by atomic mass is 33.1. The molecule has 0 aromatic heterocycles. The summed E-state index contributed by atoms with van der Waals surface area (Å²) in [6.07, 6.45) is 4.19. The second-order valence-electron chi connectivity index (χ2n) is 2.39. The van der Waals surface area contributed by atoms with Crippen LogP contribution in [0.25, 0.3) is 0 Å². The van der Waals surface area contributed by atoms with E-state index in [1.807, 2.05) is 28.5 Å². The molecule has 0 saturated heterocycles. The van der Waals surface area contributed by atoms with E-state index in [9.17, 15) is 0 Å². The molecule has 0 bridgehead atoms. The first kappa shape index (κ1) is 10.4. The molecule has 0 spiro atoms. The Morgan fingerprint density at radius 3 is 2.60 bits per heavy atom. The van der Waals surface area contributed by atoms with Gasteiger partial charge >= 0.3 is 0 Å². The van der Waals surface area contributed by atoms with Crippen LogP contribution in [0.5, 0.6) is 0 Å². The van der Waals surface area contributed by atoms with Crippen molar-refractivity contribution in [1.29, 1.82) is 5.41 Å². The Kier molecular flexibility index (Phi) is 6.33. The van der Waals surface area contributed by atoms with Crippen molar-refractivity contribution < 1.29 is 0 Å². The van der Waals surface area contributed by atoms with Gasteiger partial charge in [-0.2, -0.15) is 0 Å². The highest BCUT2D eigenvalue weighted by Crippen LogP contribution is 2.26. The number of hydrogen-bond donors (Lipinski definition) is 1. The van der Waals surface area contributed by atoms with E-state index < -0.39 is 0 Å². The molecular weight excluding hydrogens is 162 g/mol. The summed E-state index contributed by atoms with van der Waals surface area (Å²) in [5, 5.41) is 7.89. The zero-order valence-electron chi connectivity index (χ0n) is 6.81. The number of nitrogens with one attached hydrogen (secondary N) is 1. The van der Waals surface area contributed by atoms with E-state index in [-0.39, 0.29) is 0 Å². The predicted octanol–water partition coefficient (Wildman–Crippen LogP) is 3.21. The quantitative estimate of drug-likeness (QED) is 0.515. The second-order valence-corrected chi connectivity index (χ2v) is 5.30. The van der Waals surface area contributed by atoms with E-state index in [1.165, 1.54) is 0 Å². The molecule has 60 valence electrons. The minimum Gasteiger partial charge on any atom is -0.310 e. The SMILES string of the molecule is CSSC(C)CCC(C)=N. The zero-order valence-corrected chi connectivity index (χ0v) is 8.44. The lowest BCUT2D eigenvalue weighted by molar-refractivity contribution is 0.853. The highest BCUT2D eigenvalue weighted by molar-refractivity contribution is 8.76. The first-order chi connectivity index (χ1) is 4.66. The van der Waals surface area contributed by atoms with E-state index >= 15 is 0 Å². The van der Waals surface area contributed by atoms with Crippen molar-refractivity contribution in [2.75, 3.05) is 6.26 Å². The van der Waals surface area contributed by atoms with Crippen molar-refractivity contribution in [2.45, 2.75) is 31.9 Å². The molecule has 1 unspecified atom stereocenters. The van der Waals surface area contributed by atoms with Crippen LogP contribution in [0.3, 0.4) is 0 Å². The maximum absolute atomic E-state index is 7.20. The van der Waals surface area contributed by atoms with Crippen LogP contribution in [0.4, 0.5) is 0 Å². The van der Waals surface area contributed by atoms with Gasteiger partial charge in [-0.3, -0.25) is 0 Å². The smallest absolute Gasteiger partial charge is 0.0126 e. The molecule has 1 nitrogen and oxygen atoms in total. The molecule has 1 atom stereocenters. The third-order valence-electron chi connectivity index (χ3n) is 1.19. The standard InChI is InChI=1S/C7H15NS2/c1-6(8)4-5-7(2)10-9-3/h7-8H,4-5H2,1-3H3. The van der Waals surface area contributed by atoms with Gasteiger partial charge < -0.3 is 5.41 Å². The molecule has 0 fully saturated rings. The first-order valence-corrected chi connectivity index (χ1v) is 6.02. The third kappa shape index (κ3) is 6.49. The molecule has 0 rings (SSSR count). The van der Waals surface area contributed by atoms with Gasteiger partial charge in [0.2, 0.25) is 0 Å². The van der Waals surface area contributed by atoms with Crippen LogP contribution < -0.4 is 0 Å². The summed E-state index contributed by atoms with van der Waals surface area (Å²) >= 11 is 0. The summed E-state index contributed by atoms with van der Waals surface area (Å²) in [6, 6.07) is 0. The van der Waals surface area contributed by atoms with Gasteiger partial charge in [-0.05, 0) is 26.0 Å². The number of hydrogen-bond acceptors (Lipinski definition) is 3. The van der Waals surface area contributed by atoms with Crippen molar-refractivity contribution in [3.8, 4) is 0 Å². The van der Waals surface area contributed by atoms with E-state index in [0.29, 0.717) is 5.25 Å². The van der Waals surface area contributed by atoms with Crippen LogP contribution in [0.1, 0.15) is 26.7 Å². The van der Waals surface area contributed by atoms with Crippen LogP contribution >= 0.6 is 21.6 Å². The van der Waals surface area contributed by atoms with E-state index in [0.717, 1.165) is 18.6 Å². The van der Waals surface area contributed by atoms with Crippen molar-refractivity contribution in [1.82, 2.24) is 0 Å². The summed E-state index contributed by atoms with van der Waals surface area (Å²) in [7, 11) is 3.70. The molecule has 0 amide bonds. The van der Waals surface area contributed by atoms with Crippen molar-refractivity contribution >= 4 is 27.3 Å². The predicted molar refractivity (Wildman–Crippen MR) is 53.2 cm³/mol. The van der Waals surface area contributed by atoms with E-state index in [4.69, 9.17) is 5.41 Å². The van der Waals surface area contributed by atoms with Crippen LogP contribution in [0.2, 0.25) is 0 Å². The molecular formula is C7H15NS2. The van der Waals surface area contributed by atoms with Gasteiger partial charge in [-0.15, -0.1) is 0 Å². The lowest BCUT2D eigenvalue weighted by Gasteiger charge is -2.06. The Hall–Kier alpha value is 0.370. The fourth-order valence-corrected chi connectivity index (χ4v) is 2.45. The molecule has 0 radical (unpaired) electrons. The van der Waals surface area contributed by atoms with Crippen LogP contribution in [0, 0.1) is 5.41 Å². The molecule has 0 aromatic carbocycles. The summed E-state index contributed by atoms with van der Waals surface area (Å²) in [4.78, 5) is 0. The third-order valence-corrected chi connectivity index (χ3v) is 3.51. The summed E-state index contributed by atoms with van der Waals surface area (Å²) < 4.78 is 0. The molecule has 3 heteroatoms. The molecule has 0 aliphatic rings. The fourth-order valence-electron chi connectivity index (χ4n) is 0.632. The van der Waals surface area contributed by atoms with Crippen LogP contribution in [-0.2, 0) is 0 Å². The van der Waals surface area contributed by atoms with Gasteiger partial charge in [0.25, 0.3) is 0 Å². The van der Waals surface area contributed by atoms with Gasteiger partial charge in [0.15, 0.2) is 0 Å². The Morgan fingerprint density at radius 1 is 1.60 bits per heavy atom. The lowest BCUT2D eigenvalue weighted by Crippen LogP contribution is -1.97. The average molecular weight is 177 g/mol. The Bertz CT molecular complexity index is 104. The van der Waals surface area contributed by atoms with Crippen LogP contribution in [-0.4, -0.2) is 17.2 Å². The summed E-state index contributed by atoms with van der Waals surface area (Å²) in [5.41, 5.74) is 0.800. The van der Waals surface area contributed by atoms with Gasteiger partial charge in [0.05, 0.1) is 0 Å². The average Bonchev–Trinajstić information content (AvgIpc) is 1.85. The van der Waals surface area contributed by atoms with Crippen molar-refractivity contribution in [3.63, 3.8) is 0 Å². The van der Waals surface area contributed by atoms with E-state index in [2.05, 4.69) is 13.2 Å². The Labute approximate surface area is 71.3 Å².